The van der Waals surface area contributed by atoms with Crippen molar-refractivity contribution in [3.05, 3.63) is 71.8 Å². The molecule has 2 aromatic carbocycles. The lowest BCUT2D eigenvalue weighted by Gasteiger charge is -2.24. The van der Waals surface area contributed by atoms with Crippen LogP contribution in [0.5, 0.6) is 0 Å². The smallest absolute Gasteiger partial charge is 0.328 e. The van der Waals surface area contributed by atoms with Gasteiger partial charge in [0, 0.05) is 5.92 Å². The van der Waals surface area contributed by atoms with E-state index in [0.29, 0.717) is 6.61 Å². The number of carbonyl (C=O) groups excluding carboxylic acids is 1. The fourth-order valence-electron chi connectivity index (χ4n) is 3.35. The van der Waals surface area contributed by atoms with Crippen LogP contribution in [-0.2, 0) is 22.6 Å². The summed E-state index contributed by atoms with van der Waals surface area (Å²) in [5.74, 6) is 0.00284. The molecule has 0 amide bonds. The Kier molecular flexibility index (Phi) is 10.4. The van der Waals surface area contributed by atoms with E-state index in [4.69, 9.17) is 17.0 Å². The average Bonchev–Trinajstić information content (AvgIpc) is 2.76. The third kappa shape index (κ3) is 8.36. The molecule has 2 aromatic rings. The van der Waals surface area contributed by atoms with Gasteiger partial charge in [-0.25, -0.2) is 4.79 Å². The average molecular weight is 412 g/mol. The highest BCUT2D eigenvalue weighted by molar-refractivity contribution is 7.80. The maximum atomic E-state index is 12.8. The number of thiocarbonyl (C=S) groups is 1. The molecule has 3 nitrogen and oxygen atoms in total. The monoisotopic (exact) mass is 411 g/mol. The van der Waals surface area contributed by atoms with Gasteiger partial charge in [0.15, 0.2) is 0 Å². The summed E-state index contributed by atoms with van der Waals surface area (Å²) in [4.78, 5) is 13.5. The van der Waals surface area contributed by atoms with Crippen LogP contribution in [0.1, 0.15) is 57.1 Å². The Morgan fingerprint density at radius 1 is 0.931 bits per heavy atom. The second kappa shape index (κ2) is 13.1. The number of benzene rings is 2. The number of hydrogen-bond donors (Lipinski definition) is 1. The molecule has 1 unspecified atom stereocenters. The fraction of sp³-hybridized carbons (Fsp3) is 0.440. The minimum atomic E-state index is -0.388. The van der Waals surface area contributed by atoms with E-state index in [1.54, 1.807) is 0 Å². The van der Waals surface area contributed by atoms with E-state index in [1.165, 1.54) is 5.56 Å². The second-order valence-corrected chi connectivity index (χ2v) is 7.91. The van der Waals surface area contributed by atoms with Crippen molar-refractivity contribution in [2.75, 3.05) is 0 Å². The van der Waals surface area contributed by atoms with E-state index >= 15 is 0 Å². The molecule has 0 spiro atoms. The Morgan fingerprint density at radius 2 is 1.55 bits per heavy atom. The summed E-state index contributed by atoms with van der Waals surface area (Å²) in [6.45, 7) is 4.59. The number of ether oxygens (including phenoxy) is 1. The first kappa shape index (κ1) is 23.1. The molecule has 0 aliphatic carbocycles. The lowest BCUT2D eigenvalue weighted by atomic mass is 9.94. The summed E-state index contributed by atoms with van der Waals surface area (Å²) in [6.07, 6.45) is 5.66. The van der Waals surface area contributed by atoms with E-state index in [9.17, 15) is 4.79 Å². The molecule has 0 aromatic heterocycles. The molecule has 29 heavy (non-hydrogen) atoms. The molecule has 0 aliphatic rings. The molecule has 0 saturated heterocycles. The third-order valence-electron chi connectivity index (χ3n) is 5.00. The van der Waals surface area contributed by atoms with Gasteiger partial charge in [0.1, 0.15) is 12.6 Å². The molecule has 2 rings (SSSR count). The van der Waals surface area contributed by atoms with Crippen LogP contribution in [-0.4, -0.2) is 17.0 Å². The van der Waals surface area contributed by atoms with Gasteiger partial charge in [0.25, 0.3) is 0 Å². The highest BCUT2D eigenvalue weighted by Gasteiger charge is 2.24. The van der Waals surface area contributed by atoms with Crippen molar-refractivity contribution >= 4 is 23.2 Å². The molecule has 1 N–H and O–H groups in total. The molecule has 0 heterocycles. The summed E-state index contributed by atoms with van der Waals surface area (Å²) >= 11 is 5.74. The van der Waals surface area contributed by atoms with Gasteiger partial charge in [0.05, 0.1) is 4.99 Å². The lowest BCUT2D eigenvalue weighted by molar-refractivity contribution is -0.147. The van der Waals surface area contributed by atoms with Gasteiger partial charge >= 0.3 is 5.97 Å². The van der Waals surface area contributed by atoms with Crippen LogP contribution in [0.3, 0.4) is 0 Å². The van der Waals surface area contributed by atoms with Crippen molar-refractivity contribution in [3.8, 4) is 0 Å². The maximum Gasteiger partial charge on any atom is 0.328 e. The predicted octanol–water partition coefficient (Wildman–Crippen LogP) is 5.86. The highest BCUT2D eigenvalue weighted by atomic mass is 32.1. The normalized spacial score (nSPS) is 12.8. The Morgan fingerprint density at radius 3 is 2.14 bits per heavy atom. The number of carbonyl (C=O) groups is 1. The third-order valence-corrected chi connectivity index (χ3v) is 5.46. The zero-order chi connectivity index (χ0) is 20.9. The molecule has 0 bridgehead atoms. The predicted molar refractivity (Wildman–Crippen MR) is 124 cm³/mol. The van der Waals surface area contributed by atoms with Crippen LogP contribution in [0.4, 0.5) is 0 Å². The Labute approximate surface area is 180 Å². The number of nitrogens with one attached hydrogen (secondary N) is 1. The van der Waals surface area contributed by atoms with E-state index in [-0.39, 0.29) is 17.9 Å². The standard InChI is InChI=1S/C25H33NO2S/c1-3-5-17-23(25(27)28-19-21-15-10-7-11-16-21)26-24(29)22(12-4-2)18-20-13-8-6-9-14-20/h6-11,13-16,22-23H,3-5,12,17-19H2,1-2H3,(H,26,29)/t22?,23-/m0/s1. The SMILES string of the molecule is CCCC[C@H](NC(=S)C(CCC)Cc1ccccc1)C(=O)OCc1ccccc1. The summed E-state index contributed by atoms with van der Waals surface area (Å²) in [6, 6.07) is 19.8. The Hall–Kier alpha value is -2.20. The number of hydrogen-bond acceptors (Lipinski definition) is 3. The number of unbranched alkanes of at least 4 members (excludes halogenated alkanes) is 1. The van der Waals surface area contributed by atoms with Crippen molar-refractivity contribution in [2.45, 2.75) is 65.0 Å². The fourth-order valence-corrected chi connectivity index (χ4v) is 3.69. The maximum absolute atomic E-state index is 12.8. The summed E-state index contributed by atoms with van der Waals surface area (Å²) in [7, 11) is 0. The van der Waals surface area contributed by atoms with E-state index < -0.39 is 0 Å². The summed E-state index contributed by atoms with van der Waals surface area (Å²) < 4.78 is 5.59. The molecule has 156 valence electrons. The minimum Gasteiger partial charge on any atom is -0.459 e. The van der Waals surface area contributed by atoms with Crippen molar-refractivity contribution in [1.82, 2.24) is 5.32 Å². The van der Waals surface area contributed by atoms with Gasteiger partial charge < -0.3 is 10.1 Å². The first-order valence-corrected chi connectivity index (χ1v) is 11.1. The first-order valence-electron chi connectivity index (χ1n) is 10.7. The van der Waals surface area contributed by atoms with Crippen LogP contribution in [0.25, 0.3) is 0 Å². The van der Waals surface area contributed by atoms with E-state index in [0.717, 1.165) is 49.1 Å². The Balaban J connectivity index is 1.99. The van der Waals surface area contributed by atoms with Gasteiger partial charge in [-0.3, -0.25) is 0 Å². The number of rotatable bonds is 12. The van der Waals surface area contributed by atoms with Crippen LogP contribution in [0.15, 0.2) is 60.7 Å². The minimum absolute atomic E-state index is 0.223. The molecule has 0 fully saturated rings. The molecule has 2 atom stereocenters. The van der Waals surface area contributed by atoms with Crippen molar-refractivity contribution < 1.29 is 9.53 Å². The Bertz CT molecular complexity index is 733. The molecular formula is C25H33NO2S. The topological polar surface area (TPSA) is 38.3 Å². The highest BCUT2D eigenvalue weighted by Crippen LogP contribution is 2.17. The summed E-state index contributed by atoms with van der Waals surface area (Å²) in [5.41, 5.74) is 2.26. The van der Waals surface area contributed by atoms with Gasteiger partial charge in [0.2, 0.25) is 0 Å². The lowest BCUT2D eigenvalue weighted by Crippen LogP contribution is -2.44. The van der Waals surface area contributed by atoms with Gasteiger partial charge in [-0.05, 0) is 30.4 Å². The van der Waals surface area contributed by atoms with Crippen LogP contribution < -0.4 is 5.32 Å². The first-order chi connectivity index (χ1) is 14.1. The number of esters is 1. The van der Waals surface area contributed by atoms with Crippen molar-refractivity contribution in [1.29, 1.82) is 0 Å². The quantitative estimate of drug-likeness (QED) is 0.350. The van der Waals surface area contributed by atoms with Crippen molar-refractivity contribution in [3.63, 3.8) is 0 Å². The molecule has 0 radical (unpaired) electrons. The van der Waals surface area contributed by atoms with Crippen LogP contribution in [0.2, 0.25) is 0 Å². The summed E-state index contributed by atoms with van der Waals surface area (Å²) in [5, 5.41) is 3.35. The van der Waals surface area contributed by atoms with E-state index in [2.05, 4.69) is 43.4 Å². The van der Waals surface area contributed by atoms with Crippen molar-refractivity contribution in [2.24, 2.45) is 5.92 Å². The van der Waals surface area contributed by atoms with Crippen LogP contribution >= 0.6 is 12.2 Å². The zero-order valence-electron chi connectivity index (χ0n) is 17.6. The molecule has 4 heteroatoms. The second-order valence-electron chi connectivity index (χ2n) is 7.47. The van der Waals surface area contributed by atoms with Gasteiger partial charge in [-0.2, -0.15) is 0 Å². The van der Waals surface area contributed by atoms with Gasteiger partial charge in [-0.1, -0.05) is 106 Å². The molecular weight excluding hydrogens is 378 g/mol. The van der Waals surface area contributed by atoms with Crippen LogP contribution in [0, 0.1) is 5.92 Å². The molecule has 0 aliphatic heterocycles. The van der Waals surface area contributed by atoms with Gasteiger partial charge in [-0.15, -0.1) is 0 Å². The largest absolute Gasteiger partial charge is 0.459 e. The molecule has 0 saturated carbocycles. The van der Waals surface area contributed by atoms with E-state index in [1.807, 2.05) is 36.4 Å². The zero-order valence-corrected chi connectivity index (χ0v) is 18.4.